The van der Waals surface area contributed by atoms with E-state index >= 15 is 0 Å². The molecule has 0 bridgehead atoms. The lowest BCUT2D eigenvalue weighted by Crippen LogP contribution is -2.47. The molecule has 2 rings (SSSR count). The summed E-state index contributed by atoms with van der Waals surface area (Å²) in [5.74, 6) is 0. The molecule has 0 radical (unpaired) electrons. The fourth-order valence-corrected chi connectivity index (χ4v) is 3.04. The molecule has 28 heavy (non-hydrogen) atoms. The first-order valence-corrected chi connectivity index (χ1v) is 8.74. The summed E-state index contributed by atoms with van der Waals surface area (Å²) in [7, 11) is 0. The van der Waals surface area contributed by atoms with E-state index in [2.05, 4.69) is 0 Å². The number of rotatable bonds is 10. The average molecular weight is 416 g/mol. The van der Waals surface area contributed by atoms with Crippen molar-refractivity contribution in [2.24, 2.45) is 0 Å². The Morgan fingerprint density at radius 2 is 1.21 bits per heavy atom. The molecular formula is C15H28O13. The second-order valence-corrected chi connectivity index (χ2v) is 6.63. The molecular weight excluding hydrogens is 388 g/mol. The smallest absolute Gasteiger partial charge is 0.187 e. The van der Waals surface area contributed by atoms with Gasteiger partial charge in [-0.05, 0) is 0 Å². The molecule has 2 aliphatic rings. The fraction of sp³-hybridized carbons (Fsp3) is 1.00. The van der Waals surface area contributed by atoms with Gasteiger partial charge < -0.3 is 64.9 Å². The van der Waals surface area contributed by atoms with E-state index in [9.17, 15) is 30.6 Å². The molecule has 2 fully saturated rings. The van der Waals surface area contributed by atoms with Crippen LogP contribution in [0.15, 0.2) is 0 Å². The van der Waals surface area contributed by atoms with Gasteiger partial charge in [0.1, 0.15) is 54.9 Å². The zero-order valence-electron chi connectivity index (χ0n) is 14.8. The molecule has 0 unspecified atom stereocenters. The van der Waals surface area contributed by atoms with Gasteiger partial charge in [-0.2, -0.15) is 0 Å². The Hall–Kier alpha value is -0.520. The molecule has 2 aliphatic heterocycles. The van der Waals surface area contributed by atoms with E-state index in [1.807, 2.05) is 0 Å². The molecule has 0 spiro atoms. The first kappa shape index (κ1) is 23.8. The molecule has 13 heteroatoms. The lowest BCUT2D eigenvalue weighted by Gasteiger charge is -2.27. The first-order valence-electron chi connectivity index (χ1n) is 8.74. The minimum absolute atomic E-state index is 0.584. The molecule has 0 amide bonds. The van der Waals surface area contributed by atoms with Crippen LogP contribution in [0.25, 0.3) is 0 Å². The lowest BCUT2D eigenvalue weighted by atomic mass is 10.0. The molecule has 2 saturated heterocycles. The fourth-order valence-electron chi connectivity index (χ4n) is 3.04. The number of hydrogen-bond acceptors (Lipinski definition) is 13. The maximum Gasteiger partial charge on any atom is 0.187 e. The van der Waals surface area contributed by atoms with Crippen molar-refractivity contribution < 1.29 is 64.9 Å². The van der Waals surface area contributed by atoms with Crippen LogP contribution in [0.5, 0.6) is 0 Å². The quantitative estimate of drug-likeness (QED) is 0.162. The third kappa shape index (κ3) is 4.96. The van der Waals surface area contributed by atoms with Gasteiger partial charge in [0.05, 0.1) is 26.4 Å². The standard InChI is InChI=1S/C15H28O13/c16-1-5(2-17)25-15-10(24)13(12(27-15)7(21)4-19)28-14-9(23)8(22)11(26-14)6(20)3-18/h5-24H,1-4H2/t6-,7-,8-,9-,10-,11+,12+,13-,14+,15-/m1/s1. The van der Waals surface area contributed by atoms with E-state index in [4.69, 9.17) is 34.3 Å². The topological polar surface area (TPSA) is 219 Å². The van der Waals surface area contributed by atoms with E-state index in [1.165, 1.54) is 0 Å². The Balaban J connectivity index is 2.12. The minimum Gasteiger partial charge on any atom is -0.394 e. The predicted octanol–water partition coefficient (Wildman–Crippen LogP) is -6.02. The van der Waals surface area contributed by atoms with Crippen LogP contribution in [0.2, 0.25) is 0 Å². The summed E-state index contributed by atoms with van der Waals surface area (Å²) >= 11 is 0. The van der Waals surface area contributed by atoms with Crippen LogP contribution < -0.4 is 0 Å². The third-order valence-corrected chi connectivity index (χ3v) is 4.64. The van der Waals surface area contributed by atoms with Crippen LogP contribution in [0.4, 0.5) is 0 Å². The van der Waals surface area contributed by atoms with Crippen molar-refractivity contribution in [1.82, 2.24) is 0 Å². The Morgan fingerprint density at radius 3 is 1.75 bits per heavy atom. The van der Waals surface area contributed by atoms with Crippen molar-refractivity contribution in [3.8, 4) is 0 Å². The van der Waals surface area contributed by atoms with Crippen LogP contribution in [0.1, 0.15) is 0 Å². The van der Waals surface area contributed by atoms with Gasteiger partial charge in [-0.1, -0.05) is 0 Å². The van der Waals surface area contributed by atoms with Crippen molar-refractivity contribution in [3.05, 3.63) is 0 Å². The number of hydrogen-bond donors (Lipinski definition) is 9. The molecule has 0 saturated carbocycles. The van der Waals surface area contributed by atoms with Gasteiger partial charge in [0, 0.05) is 0 Å². The van der Waals surface area contributed by atoms with Crippen molar-refractivity contribution in [3.63, 3.8) is 0 Å². The van der Waals surface area contributed by atoms with Gasteiger partial charge in [0.15, 0.2) is 12.6 Å². The van der Waals surface area contributed by atoms with Gasteiger partial charge in [-0.3, -0.25) is 0 Å². The molecule has 13 nitrogen and oxygen atoms in total. The van der Waals surface area contributed by atoms with Gasteiger partial charge in [-0.25, -0.2) is 0 Å². The summed E-state index contributed by atoms with van der Waals surface area (Å²) in [6, 6.07) is 0. The van der Waals surface area contributed by atoms with Crippen LogP contribution in [0, 0.1) is 0 Å². The largest absolute Gasteiger partial charge is 0.394 e. The third-order valence-electron chi connectivity index (χ3n) is 4.64. The Bertz CT molecular complexity index is 463. The molecule has 0 aromatic heterocycles. The summed E-state index contributed by atoms with van der Waals surface area (Å²) < 4.78 is 21.2. The van der Waals surface area contributed by atoms with Gasteiger partial charge in [-0.15, -0.1) is 0 Å². The van der Waals surface area contributed by atoms with Gasteiger partial charge >= 0.3 is 0 Å². The van der Waals surface area contributed by atoms with E-state index in [0.717, 1.165) is 0 Å². The number of aliphatic hydroxyl groups is 9. The number of ether oxygens (including phenoxy) is 4. The van der Waals surface area contributed by atoms with E-state index < -0.39 is 93.9 Å². The molecule has 0 aromatic rings. The van der Waals surface area contributed by atoms with Crippen LogP contribution >= 0.6 is 0 Å². The highest BCUT2D eigenvalue weighted by molar-refractivity contribution is 4.96. The predicted molar refractivity (Wildman–Crippen MR) is 85.4 cm³/mol. The Kier molecular flexibility index (Phi) is 8.90. The highest BCUT2D eigenvalue weighted by Crippen LogP contribution is 2.32. The first-order chi connectivity index (χ1) is 13.3. The van der Waals surface area contributed by atoms with Crippen LogP contribution in [0.3, 0.4) is 0 Å². The monoisotopic (exact) mass is 416 g/mol. The Labute approximate surface area is 159 Å². The van der Waals surface area contributed by atoms with Gasteiger partial charge in [0.25, 0.3) is 0 Å². The summed E-state index contributed by atoms with van der Waals surface area (Å²) in [6.45, 7) is -2.68. The second kappa shape index (κ2) is 10.5. The SMILES string of the molecule is OCC(CO)O[C@@H]1O[C@@H]([C@H](O)CO)[C@H](O[C@@H]2O[C@@H]([C@H](O)CO)[C@H](O)[C@H]2O)[C@H]1O. The van der Waals surface area contributed by atoms with Crippen molar-refractivity contribution in [1.29, 1.82) is 0 Å². The second-order valence-electron chi connectivity index (χ2n) is 6.63. The maximum atomic E-state index is 10.4. The summed E-state index contributed by atoms with van der Waals surface area (Å²) in [5.41, 5.74) is 0. The molecule has 9 N–H and O–H groups in total. The average Bonchev–Trinajstić information content (AvgIpc) is 3.16. The highest BCUT2D eigenvalue weighted by Gasteiger charge is 2.53. The van der Waals surface area contributed by atoms with Gasteiger partial charge in [0.2, 0.25) is 0 Å². The van der Waals surface area contributed by atoms with Crippen molar-refractivity contribution in [2.45, 2.75) is 67.5 Å². The van der Waals surface area contributed by atoms with E-state index in [1.54, 1.807) is 0 Å². The molecule has 166 valence electrons. The van der Waals surface area contributed by atoms with Crippen molar-refractivity contribution in [2.75, 3.05) is 26.4 Å². The van der Waals surface area contributed by atoms with Crippen molar-refractivity contribution >= 4 is 0 Å². The summed E-state index contributed by atoms with van der Waals surface area (Å²) in [6.07, 6.45) is -16.1. The Morgan fingerprint density at radius 1 is 0.679 bits per heavy atom. The zero-order chi connectivity index (χ0) is 21.0. The maximum absolute atomic E-state index is 10.4. The molecule has 0 aliphatic carbocycles. The normalized spacial score (nSPS) is 40.9. The zero-order valence-corrected chi connectivity index (χ0v) is 14.8. The number of aliphatic hydroxyl groups excluding tert-OH is 9. The summed E-state index contributed by atoms with van der Waals surface area (Å²) in [4.78, 5) is 0. The molecule has 0 aromatic carbocycles. The van der Waals surface area contributed by atoms with E-state index in [0.29, 0.717) is 0 Å². The lowest BCUT2D eigenvalue weighted by molar-refractivity contribution is -0.226. The minimum atomic E-state index is -1.66. The molecule has 2 heterocycles. The summed E-state index contributed by atoms with van der Waals surface area (Å²) in [5, 5.41) is 86.3. The van der Waals surface area contributed by atoms with Crippen LogP contribution in [-0.2, 0) is 18.9 Å². The highest BCUT2D eigenvalue weighted by atomic mass is 16.8. The van der Waals surface area contributed by atoms with E-state index in [-0.39, 0.29) is 0 Å². The molecule has 10 atom stereocenters. The van der Waals surface area contributed by atoms with Crippen LogP contribution in [-0.4, -0.2) is 140 Å².